The third kappa shape index (κ3) is 3.39. The molecule has 0 spiro atoms. The highest BCUT2D eigenvalue weighted by Crippen LogP contribution is 2.46. The van der Waals surface area contributed by atoms with Gasteiger partial charge in [-0.1, -0.05) is 0 Å². The topological polar surface area (TPSA) is 103 Å². The Morgan fingerprint density at radius 1 is 1.14 bits per heavy atom. The van der Waals surface area contributed by atoms with E-state index in [1.165, 1.54) is 24.5 Å². The molecule has 2 atom stereocenters. The van der Waals surface area contributed by atoms with Crippen molar-refractivity contribution in [3.8, 4) is 0 Å². The number of hydroxylamine groups is 1. The number of carbonyl (C=O) groups is 1. The van der Waals surface area contributed by atoms with Crippen molar-refractivity contribution >= 4 is 22.8 Å². The van der Waals surface area contributed by atoms with E-state index in [9.17, 15) is 9.18 Å². The zero-order valence-electron chi connectivity index (χ0n) is 15.4. The summed E-state index contributed by atoms with van der Waals surface area (Å²) < 4.78 is 13.4. The molecular weight excluding hydrogens is 375 g/mol. The summed E-state index contributed by atoms with van der Waals surface area (Å²) in [5.41, 5.74) is 3.60. The quantitative estimate of drug-likeness (QED) is 0.445. The van der Waals surface area contributed by atoms with Gasteiger partial charge in [-0.05, 0) is 41.7 Å². The van der Waals surface area contributed by atoms with Gasteiger partial charge in [-0.3, -0.25) is 15.0 Å². The Morgan fingerprint density at radius 2 is 1.90 bits per heavy atom. The maximum atomic E-state index is 13.4. The van der Waals surface area contributed by atoms with Gasteiger partial charge in [0, 0.05) is 49.7 Å². The number of aromatic nitrogens is 3. The highest BCUT2D eigenvalue weighted by Gasteiger charge is 2.55. The number of pyridine rings is 1. The standard InChI is InChI=1S/C20H19FN6O2/c21-14-1-2-17-12(4-14)3-11(5-22-17)6-23-18-15-9-27(10-16(15)18)20-24-7-13(8-25-20)19(28)26-29/h1-5,7-8,15-16,18,23,29H,6,9-10H2,(H,26,28). The van der Waals surface area contributed by atoms with Crippen molar-refractivity contribution in [2.75, 3.05) is 18.0 Å². The minimum atomic E-state index is -0.629. The molecule has 2 aliphatic rings. The first kappa shape index (κ1) is 17.9. The predicted octanol–water partition coefficient (Wildman–Crippen LogP) is 1.51. The summed E-state index contributed by atoms with van der Waals surface area (Å²) in [7, 11) is 0. The number of rotatable bonds is 5. The number of amides is 1. The summed E-state index contributed by atoms with van der Waals surface area (Å²) >= 11 is 0. The minimum Gasteiger partial charge on any atom is -0.340 e. The molecule has 0 radical (unpaired) electrons. The number of anilines is 1. The van der Waals surface area contributed by atoms with E-state index in [-0.39, 0.29) is 11.4 Å². The molecule has 148 valence electrons. The summed E-state index contributed by atoms with van der Waals surface area (Å²) in [6.45, 7) is 2.41. The maximum absolute atomic E-state index is 13.4. The van der Waals surface area contributed by atoms with Gasteiger partial charge in [0.25, 0.3) is 5.91 Å². The number of piperidine rings is 1. The summed E-state index contributed by atoms with van der Waals surface area (Å²) in [4.78, 5) is 26.3. The fraction of sp³-hybridized carbons (Fsp3) is 0.300. The fourth-order valence-electron chi connectivity index (χ4n) is 4.14. The summed E-state index contributed by atoms with van der Waals surface area (Å²) in [6.07, 6.45) is 4.64. The van der Waals surface area contributed by atoms with Crippen molar-refractivity contribution in [1.82, 2.24) is 25.7 Å². The molecule has 1 saturated heterocycles. The monoisotopic (exact) mass is 394 g/mol. The van der Waals surface area contributed by atoms with Crippen molar-refractivity contribution in [1.29, 1.82) is 0 Å². The van der Waals surface area contributed by atoms with Gasteiger partial charge in [0.1, 0.15) is 5.82 Å². The lowest BCUT2D eigenvalue weighted by molar-refractivity contribution is 0.0705. The number of nitrogens with one attached hydrogen (secondary N) is 2. The third-order valence-corrected chi connectivity index (χ3v) is 5.72. The molecule has 2 unspecified atom stereocenters. The van der Waals surface area contributed by atoms with Crippen LogP contribution in [0.4, 0.5) is 10.3 Å². The van der Waals surface area contributed by atoms with Gasteiger partial charge in [0.2, 0.25) is 5.95 Å². The van der Waals surface area contributed by atoms with Gasteiger partial charge in [-0.2, -0.15) is 0 Å². The maximum Gasteiger partial charge on any atom is 0.277 e. The zero-order chi connectivity index (χ0) is 20.0. The number of fused-ring (bicyclic) bond motifs is 2. The van der Waals surface area contributed by atoms with Crippen LogP contribution in [0.1, 0.15) is 15.9 Å². The molecule has 1 aliphatic carbocycles. The number of benzene rings is 1. The lowest BCUT2D eigenvalue weighted by Gasteiger charge is -2.20. The molecule has 3 N–H and O–H groups in total. The third-order valence-electron chi connectivity index (χ3n) is 5.72. The Hall–Kier alpha value is -3.17. The van der Waals surface area contributed by atoms with Gasteiger partial charge in [-0.15, -0.1) is 0 Å². The lowest BCUT2D eigenvalue weighted by atomic mass is 10.1. The molecule has 1 saturated carbocycles. The van der Waals surface area contributed by atoms with Crippen LogP contribution in [0.3, 0.4) is 0 Å². The molecule has 1 aliphatic heterocycles. The Kier molecular flexibility index (Phi) is 4.33. The van der Waals surface area contributed by atoms with Crippen LogP contribution in [-0.4, -0.2) is 45.2 Å². The van der Waals surface area contributed by atoms with E-state index >= 15 is 0 Å². The Morgan fingerprint density at radius 3 is 2.62 bits per heavy atom. The smallest absolute Gasteiger partial charge is 0.277 e. The second-order valence-electron chi connectivity index (χ2n) is 7.53. The van der Waals surface area contributed by atoms with E-state index in [1.54, 1.807) is 11.5 Å². The molecule has 8 nitrogen and oxygen atoms in total. The van der Waals surface area contributed by atoms with Crippen molar-refractivity contribution in [2.24, 2.45) is 11.8 Å². The van der Waals surface area contributed by atoms with Gasteiger partial charge in [0.05, 0.1) is 11.1 Å². The van der Waals surface area contributed by atoms with E-state index < -0.39 is 5.91 Å². The first-order valence-corrected chi connectivity index (χ1v) is 9.41. The van der Waals surface area contributed by atoms with Crippen LogP contribution in [0.15, 0.2) is 42.9 Å². The van der Waals surface area contributed by atoms with Gasteiger partial charge in [0.15, 0.2) is 0 Å². The zero-order valence-corrected chi connectivity index (χ0v) is 15.4. The molecule has 5 rings (SSSR count). The number of halogens is 1. The van der Waals surface area contributed by atoms with E-state index in [2.05, 4.69) is 25.2 Å². The van der Waals surface area contributed by atoms with Crippen LogP contribution >= 0.6 is 0 Å². The summed E-state index contributed by atoms with van der Waals surface area (Å²) in [5.74, 6) is 0.769. The van der Waals surface area contributed by atoms with E-state index in [0.29, 0.717) is 30.4 Å². The van der Waals surface area contributed by atoms with Crippen molar-refractivity contribution < 1.29 is 14.4 Å². The molecule has 0 bridgehead atoms. The minimum absolute atomic E-state index is 0.212. The molecule has 2 aromatic heterocycles. The molecule has 3 heterocycles. The number of carbonyl (C=O) groups excluding carboxylic acids is 1. The van der Waals surface area contributed by atoms with Gasteiger partial charge < -0.3 is 10.2 Å². The van der Waals surface area contributed by atoms with Crippen molar-refractivity contribution in [3.63, 3.8) is 0 Å². The average molecular weight is 394 g/mol. The normalized spacial score (nSPS) is 22.6. The van der Waals surface area contributed by atoms with Crippen molar-refractivity contribution in [2.45, 2.75) is 12.6 Å². The highest BCUT2D eigenvalue weighted by molar-refractivity contribution is 5.92. The molecule has 1 amide bonds. The van der Waals surface area contributed by atoms with Gasteiger partial charge in [-0.25, -0.2) is 19.8 Å². The summed E-state index contributed by atoms with van der Waals surface area (Å²) in [5, 5.41) is 13.0. The molecule has 2 fully saturated rings. The van der Waals surface area contributed by atoms with Crippen LogP contribution in [0, 0.1) is 17.7 Å². The van der Waals surface area contributed by atoms with Crippen LogP contribution in [0.25, 0.3) is 10.9 Å². The molecule has 3 aromatic rings. The second-order valence-corrected chi connectivity index (χ2v) is 7.53. The van der Waals surface area contributed by atoms with E-state index in [4.69, 9.17) is 5.21 Å². The number of nitrogens with zero attached hydrogens (tertiary/aromatic N) is 4. The highest BCUT2D eigenvalue weighted by atomic mass is 19.1. The van der Waals surface area contributed by atoms with Crippen LogP contribution in [-0.2, 0) is 6.54 Å². The van der Waals surface area contributed by atoms with Crippen LogP contribution in [0.2, 0.25) is 0 Å². The predicted molar refractivity (Wildman–Crippen MR) is 103 cm³/mol. The van der Waals surface area contributed by atoms with E-state index in [0.717, 1.165) is 29.6 Å². The number of hydrogen-bond acceptors (Lipinski definition) is 7. The second kappa shape index (κ2) is 7.02. The first-order chi connectivity index (χ1) is 14.1. The SMILES string of the molecule is O=C(NO)c1cnc(N2CC3C(C2)C3NCc2cnc3ccc(F)cc3c2)nc1. The van der Waals surface area contributed by atoms with Gasteiger partial charge >= 0.3 is 0 Å². The Bertz CT molecular complexity index is 1060. The first-order valence-electron chi connectivity index (χ1n) is 9.41. The fourth-order valence-corrected chi connectivity index (χ4v) is 4.14. The number of hydrogen-bond donors (Lipinski definition) is 3. The van der Waals surface area contributed by atoms with E-state index in [1.807, 2.05) is 12.3 Å². The van der Waals surface area contributed by atoms with Crippen LogP contribution in [0.5, 0.6) is 0 Å². The summed E-state index contributed by atoms with van der Waals surface area (Å²) in [6, 6.07) is 7.02. The average Bonchev–Trinajstić information content (AvgIpc) is 3.20. The lowest BCUT2D eigenvalue weighted by Crippen LogP contribution is -2.32. The van der Waals surface area contributed by atoms with Crippen molar-refractivity contribution in [3.05, 3.63) is 59.8 Å². The Balaban J connectivity index is 1.16. The largest absolute Gasteiger partial charge is 0.340 e. The molecular formula is C20H19FN6O2. The molecule has 1 aromatic carbocycles. The van der Waals surface area contributed by atoms with Crippen LogP contribution < -0.4 is 15.7 Å². The Labute approximate surface area is 165 Å². The molecule has 9 heteroatoms. The molecule has 29 heavy (non-hydrogen) atoms.